The minimum atomic E-state index is -0.558. The van der Waals surface area contributed by atoms with Crippen LogP contribution >= 0.6 is 0 Å². The van der Waals surface area contributed by atoms with Crippen molar-refractivity contribution in [3.63, 3.8) is 0 Å². The summed E-state index contributed by atoms with van der Waals surface area (Å²) in [5, 5.41) is 9.35. The lowest BCUT2D eigenvalue weighted by molar-refractivity contribution is 0.0577. The lowest BCUT2D eigenvalue weighted by atomic mass is 10.2. The van der Waals surface area contributed by atoms with Gasteiger partial charge in [-0.15, -0.1) is 0 Å². The molecule has 1 aliphatic rings. The number of carbonyl (C=O) groups is 1. The molecule has 1 amide bonds. The fourth-order valence-electron chi connectivity index (χ4n) is 1.84. The van der Waals surface area contributed by atoms with E-state index in [4.69, 9.17) is 10.5 Å². The molecule has 3 N–H and O–H groups in total. The molecule has 1 aliphatic carbocycles. The summed E-state index contributed by atoms with van der Waals surface area (Å²) in [5.74, 6) is 0.159. The predicted octanol–water partition coefficient (Wildman–Crippen LogP) is 2.63. The average molecular weight is 278 g/mol. The molecule has 110 valence electrons. The van der Waals surface area contributed by atoms with Crippen LogP contribution in [0.15, 0.2) is 24.3 Å². The molecule has 0 radical (unpaired) electrons. The molecular weight excluding hydrogens is 256 g/mol. The van der Waals surface area contributed by atoms with Crippen LogP contribution in [0.5, 0.6) is 5.75 Å². The van der Waals surface area contributed by atoms with Crippen LogP contribution in [-0.2, 0) is 4.74 Å². The molecule has 0 aromatic heterocycles. The first kappa shape index (κ1) is 14.7. The fraction of sp³-hybridized carbons (Fsp3) is 0.533. The van der Waals surface area contributed by atoms with Crippen molar-refractivity contribution in [2.45, 2.75) is 44.8 Å². The second-order valence-corrected chi connectivity index (χ2v) is 6.45. The molecule has 1 aromatic carbocycles. The minimum absolute atomic E-state index is 0.159. The van der Waals surface area contributed by atoms with Crippen molar-refractivity contribution in [2.75, 3.05) is 11.4 Å². The van der Waals surface area contributed by atoms with E-state index < -0.39 is 11.7 Å². The van der Waals surface area contributed by atoms with E-state index in [0.29, 0.717) is 12.2 Å². The molecule has 5 heteroatoms. The van der Waals surface area contributed by atoms with Crippen molar-refractivity contribution in [2.24, 2.45) is 5.73 Å². The third kappa shape index (κ3) is 3.87. The van der Waals surface area contributed by atoms with Crippen LogP contribution < -0.4 is 10.6 Å². The molecule has 1 aromatic rings. The van der Waals surface area contributed by atoms with Crippen LogP contribution in [-0.4, -0.2) is 28.9 Å². The largest absolute Gasteiger partial charge is 0.508 e. The number of nitrogens with zero attached hydrogens (tertiary/aromatic N) is 1. The SMILES string of the molecule is CC(C)(C)OC(=O)N(CC1(N)CC1)c1ccc(O)cc1. The van der Waals surface area contributed by atoms with Gasteiger partial charge in [0.05, 0.1) is 0 Å². The van der Waals surface area contributed by atoms with Gasteiger partial charge >= 0.3 is 6.09 Å². The Morgan fingerprint density at radius 1 is 1.35 bits per heavy atom. The number of carbonyl (C=O) groups excluding carboxylic acids is 1. The Kier molecular flexibility index (Phi) is 3.65. The van der Waals surface area contributed by atoms with E-state index in [2.05, 4.69) is 0 Å². The Morgan fingerprint density at radius 3 is 2.35 bits per heavy atom. The molecule has 5 nitrogen and oxygen atoms in total. The Balaban J connectivity index is 2.20. The van der Waals surface area contributed by atoms with Crippen molar-refractivity contribution in [1.82, 2.24) is 0 Å². The van der Waals surface area contributed by atoms with Gasteiger partial charge in [-0.25, -0.2) is 4.79 Å². The summed E-state index contributed by atoms with van der Waals surface area (Å²) in [4.78, 5) is 13.9. The number of hydrogen-bond donors (Lipinski definition) is 2. The van der Waals surface area contributed by atoms with E-state index in [1.807, 2.05) is 20.8 Å². The van der Waals surface area contributed by atoms with Crippen LogP contribution in [0, 0.1) is 0 Å². The van der Waals surface area contributed by atoms with Crippen molar-refractivity contribution in [1.29, 1.82) is 0 Å². The standard InChI is InChI=1S/C15H22N2O3/c1-14(2,3)20-13(19)17(10-15(16)8-9-15)11-4-6-12(18)7-5-11/h4-7,18H,8-10,16H2,1-3H3. The molecule has 1 fully saturated rings. The molecule has 0 bridgehead atoms. The van der Waals surface area contributed by atoms with Crippen LogP contribution in [0.2, 0.25) is 0 Å². The van der Waals surface area contributed by atoms with E-state index in [1.54, 1.807) is 24.3 Å². The van der Waals surface area contributed by atoms with Gasteiger partial charge in [0, 0.05) is 17.8 Å². The van der Waals surface area contributed by atoms with Gasteiger partial charge in [-0.1, -0.05) is 0 Å². The maximum atomic E-state index is 12.3. The highest BCUT2D eigenvalue weighted by atomic mass is 16.6. The Labute approximate surface area is 119 Å². The van der Waals surface area contributed by atoms with Crippen molar-refractivity contribution >= 4 is 11.8 Å². The summed E-state index contributed by atoms with van der Waals surface area (Å²) < 4.78 is 5.43. The summed E-state index contributed by atoms with van der Waals surface area (Å²) >= 11 is 0. The van der Waals surface area contributed by atoms with Gasteiger partial charge < -0.3 is 15.6 Å². The number of ether oxygens (including phenoxy) is 1. The molecule has 0 unspecified atom stereocenters. The number of amides is 1. The Morgan fingerprint density at radius 2 is 1.90 bits per heavy atom. The minimum Gasteiger partial charge on any atom is -0.508 e. The molecule has 1 saturated carbocycles. The molecule has 2 rings (SSSR count). The number of rotatable bonds is 3. The highest BCUT2D eigenvalue weighted by molar-refractivity contribution is 5.88. The van der Waals surface area contributed by atoms with E-state index in [9.17, 15) is 9.90 Å². The predicted molar refractivity (Wildman–Crippen MR) is 77.8 cm³/mol. The molecule has 0 spiro atoms. The first-order chi connectivity index (χ1) is 9.19. The lowest BCUT2D eigenvalue weighted by Gasteiger charge is -2.29. The molecule has 0 saturated heterocycles. The van der Waals surface area contributed by atoms with Crippen molar-refractivity contribution < 1.29 is 14.6 Å². The fourth-order valence-corrected chi connectivity index (χ4v) is 1.84. The summed E-state index contributed by atoms with van der Waals surface area (Å²) in [7, 11) is 0. The van der Waals surface area contributed by atoms with Crippen LogP contribution in [0.1, 0.15) is 33.6 Å². The second kappa shape index (κ2) is 4.98. The van der Waals surface area contributed by atoms with Gasteiger partial charge in [0.25, 0.3) is 0 Å². The van der Waals surface area contributed by atoms with Crippen LogP contribution in [0.25, 0.3) is 0 Å². The van der Waals surface area contributed by atoms with E-state index in [0.717, 1.165) is 12.8 Å². The summed E-state index contributed by atoms with van der Waals surface area (Å²) in [5.41, 5.74) is 5.92. The quantitative estimate of drug-likeness (QED) is 0.891. The van der Waals surface area contributed by atoms with Gasteiger partial charge in [0.1, 0.15) is 11.4 Å². The van der Waals surface area contributed by atoms with Gasteiger partial charge in [0.2, 0.25) is 0 Å². The summed E-state index contributed by atoms with van der Waals surface area (Å²) in [6, 6.07) is 6.46. The number of phenols is 1. The monoisotopic (exact) mass is 278 g/mol. The zero-order chi connectivity index (χ0) is 15.0. The zero-order valence-corrected chi connectivity index (χ0v) is 12.2. The number of hydrogen-bond acceptors (Lipinski definition) is 4. The maximum Gasteiger partial charge on any atom is 0.414 e. The highest BCUT2D eigenvalue weighted by Crippen LogP contribution is 2.35. The first-order valence-electron chi connectivity index (χ1n) is 6.77. The zero-order valence-electron chi connectivity index (χ0n) is 12.2. The highest BCUT2D eigenvalue weighted by Gasteiger charge is 2.42. The van der Waals surface area contributed by atoms with Gasteiger partial charge in [-0.2, -0.15) is 0 Å². The third-order valence-corrected chi connectivity index (χ3v) is 3.14. The topological polar surface area (TPSA) is 75.8 Å². The van der Waals surface area contributed by atoms with Gasteiger partial charge in [0.15, 0.2) is 0 Å². The number of aromatic hydroxyl groups is 1. The Hall–Kier alpha value is -1.75. The summed E-state index contributed by atoms with van der Waals surface area (Å²) in [6.07, 6.45) is 1.40. The smallest absolute Gasteiger partial charge is 0.414 e. The van der Waals surface area contributed by atoms with Gasteiger partial charge in [-0.3, -0.25) is 4.90 Å². The molecule has 0 atom stereocenters. The number of benzene rings is 1. The van der Waals surface area contributed by atoms with Gasteiger partial charge in [-0.05, 0) is 57.9 Å². The number of nitrogens with two attached hydrogens (primary N) is 1. The Bertz CT molecular complexity index is 487. The summed E-state index contributed by atoms with van der Waals surface area (Å²) in [6.45, 7) is 5.91. The molecule has 20 heavy (non-hydrogen) atoms. The molecule has 0 heterocycles. The van der Waals surface area contributed by atoms with Crippen molar-refractivity contribution in [3.05, 3.63) is 24.3 Å². The molecule has 0 aliphatic heterocycles. The lowest BCUT2D eigenvalue weighted by Crippen LogP contribution is -2.45. The normalized spacial score (nSPS) is 16.6. The maximum absolute atomic E-state index is 12.3. The van der Waals surface area contributed by atoms with Crippen LogP contribution in [0.3, 0.4) is 0 Å². The number of anilines is 1. The average Bonchev–Trinajstić information content (AvgIpc) is 3.04. The third-order valence-electron chi connectivity index (χ3n) is 3.14. The number of phenolic OH excluding ortho intramolecular Hbond substituents is 1. The first-order valence-corrected chi connectivity index (χ1v) is 6.77. The van der Waals surface area contributed by atoms with E-state index >= 15 is 0 Å². The van der Waals surface area contributed by atoms with Crippen LogP contribution in [0.4, 0.5) is 10.5 Å². The van der Waals surface area contributed by atoms with E-state index in [-0.39, 0.29) is 11.3 Å². The second-order valence-electron chi connectivity index (χ2n) is 6.45. The molecular formula is C15H22N2O3. The van der Waals surface area contributed by atoms with E-state index in [1.165, 1.54) is 4.90 Å². The van der Waals surface area contributed by atoms with Crippen molar-refractivity contribution in [3.8, 4) is 5.75 Å².